The number of carbonyl (C=O) groups is 1. The molecule has 1 aliphatic rings. The molecule has 0 radical (unpaired) electrons. The molecule has 1 saturated carbocycles. The summed E-state index contributed by atoms with van der Waals surface area (Å²) >= 11 is 0. The van der Waals surface area contributed by atoms with Gasteiger partial charge in [0.25, 0.3) is 0 Å². The smallest absolute Gasteiger partial charge is 0.123 e. The van der Waals surface area contributed by atoms with E-state index >= 15 is 0 Å². The molecule has 0 aromatic rings. The van der Waals surface area contributed by atoms with E-state index < -0.39 is 0 Å². The normalized spacial score (nSPS) is 44.0. The van der Waals surface area contributed by atoms with Crippen LogP contribution in [0, 0.1) is 11.3 Å². The van der Waals surface area contributed by atoms with Crippen LogP contribution in [0.4, 0.5) is 0 Å². The van der Waals surface area contributed by atoms with Crippen LogP contribution in [-0.4, -0.2) is 6.29 Å². The second-order valence-electron chi connectivity index (χ2n) is 2.95. The lowest BCUT2D eigenvalue weighted by Gasteiger charge is -2.00. The highest BCUT2D eigenvalue weighted by molar-refractivity contribution is 5.59. The molecule has 1 fully saturated rings. The maximum Gasteiger partial charge on any atom is 0.123 e. The van der Waals surface area contributed by atoms with Gasteiger partial charge in [0.1, 0.15) is 6.29 Å². The molecule has 1 rings (SSSR count). The van der Waals surface area contributed by atoms with Gasteiger partial charge in [-0.25, -0.2) is 0 Å². The van der Waals surface area contributed by atoms with Crippen molar-refractivity contribution in [1.29, 1.82) is 0 Å². The lowest BCUT2D eigenvalue weighted by Crippen LogP contribution is -1.94. The van der Waals surface area contributed by atoms with Gasteiger partial charge in [0.2, 0.25) is 0 Å². The number of aldehydes is 1. The second-order valence-corrected chi connectivity index (χ2v) is 2.95. The Morgan fingerprint density at radius 3 is 2.62 bits per heavy atom. The molecule has 46 valence electrons. The summed E-state index contributed by atoms with van der Waals surface area (Å²) in [5.41, 5.74) is 0.391. The third kappa shape index (κ3) is 0.662. The second kappa shape index (κ2) is 1.57. The summed E-state index contributed by atoms with van der Waals surface area (Å²) in [5, 5.41) is 0. The summed E-state index contributed by atoms with van der Waals surface area (Å²) in [4.78, 5) is 10.1. The van der Waals surface area contributed by atoms with Gasteiger partial charge in [-0.3, -0.25) is 0 Å². The molecule has 0 N–H and O–H groups in total. The molecule has 2 atom stereocenters. The number of carbonyl (C=O) groups excluding carboxylic acids is 1. The Morgan fingerprint density at radius 1 is 1.88 bits per heavy atom. The lowest BCUT2D eigenvalue weighted by atomic mass is 10.0. The zero-order chi connectivity index (χ0) is 6.20. The van der Waals surface area contributed by atoms with Crippen molar-refractivity contribution in [1.82, 2.24) is 0 Å². The molecule has 0 aromatic heterocycles. The van der Waals surface area contributed by atoms with Gasteiger partial charge < -0.3 is 4.79 Å². The minimum Gasteiger partial charge on any atom is -0.303 e. The Balaban J connectivity index is 2.42. The number of hydrogen-bond donors (Lipinski definition) is 0. The topological polar surface area (TPSA) is 17.1 Å². The zero-order valence-electron chi connectivity index (χ0n) is 5.48. The first kappa shape index (κ1) is 5.80. The van der Waals surface area contributed by atoms with Crippen molar-refractivity contribution in [3.63, 3.8) is 0 Å². The molecular weight excluding hydrogens is 100 g/mol. The van der Waals surface area contributed by atoms with Gasteiger partial charge in [-0.2, -0.15) is 0 Å². The molecule has 0 bridgehead atoms. The summed E-state index contributed by atoms with van der Waals surface area (Å²) < 4.78 is 0. The van der Waals surface area contributed by atoms with E-state index in [2.05, 4.69) is 13.8 Å². The minimum atomic E-state index is 0.382. The molecule has 0 saturated heterocycles. The molecule has 1 nitrogen and oxygen atoms in total. The highest BCUT2D eigenvalue weighted by Crippen LogP contribution is 2.53. The maximum absolute atomic E-state index is 10.1. The third-order valence-electron chi connectivity index (χ3n) is 2.39. The van der Waals surface area contributed by atoms with Crippen LogP contribution in [-0.2, 0) is 4.79 Å². The van der Waals surface area contributed by atoms with Gasteiger partial charge in [-0.15, -0.1) is 0 Å². The first-order valence-electron chi connectivity index (χ1n) is 3.18. The third-order valence-corrected chi connectivity index (χ3v) is 2.39. The number of rotatable bonds is 2. The zero-order valence-corrected chi connectivity index (χ0v) is 5.48. The van der Waals surface area contributed by atoms with Crippen LogP contribution in [0.25, 0.3) is 0 Å². The molecule has 8 heavy (non-hydrogen) atoms. The van der Waals surface area contributed by atoms with Gasteiger partial charge in [-0.1, -0.05) is 20.3 Å². The van der Waals surface area contributed by atoms with Crippen LogP contribution in [0.15, 0.2) is 0 Å². The predicted molar refractivity (Wildman–Crippen MR) is 32.6 cm³/mol. The van der Waals surface area contributed by atoms with Crippen molar-refractivity contribution in [2.75, 3.05) is 0 Å². The van der Waals surface area contributed by atoms with Crippen LogP contribution < -0.4 is 0 Å². The Labute approximate surface area is 50.1 Å². The lowest BCUT2D eigenvalue weighted by molar-refractivity contribution is -0.109. The van der Waals surface area contributed by atoms with E-state index in [-0.39, 0.29) is 0 Å². The number of hydrogen-bond acceptors (Lipinski definition) is 1. The molecule has 0 spiro atoms. The van der Waals surface area contributed by atoms with Gasteiger partial charge in [0.05, 0.1) is 0 Å². The van der Waals surface area contributed by atoms with Crippen molar-refractivity contribution >= 4 is 6.29 Å². The van der Waals surface area contributed by atoms with E-state index in [1.54, 1.807) is 0 Å². The van der Waals surface area contributed by atoms with Gasteiger partial charge in [-0.05, 0) is 11.8 Å². The van der Waals surface area contributed by atoms with Crippen LogP contribution in [0.1, 0.15) is 26.7 Å². The first-order chi connectivity index (χ1) is 3.73. The summed E-state index contributed by atoms with van der Waals surface area (Å²) in [6, 6.07) is 0. The fraction of sp³-hybridized carbons (Fsp3) is 0.857. The molecule has 0 aliphatic heterocycles. The van der Waals surface area contributed by atoms with E-state index in [1.807, 2.05) is 0 Å². The highest BCUT2D eigenvalue weighted by atomic mass is 16.1. The van der Waals surface area contributed by atoms with E-state index in [9.17, 15) is 4.79 Å². The minimum absolute atomic E-state index is 0.382. The summed E-state index contributed by atoms with van der Waals surface area (Å²) in [7, 11) is 0. The summed E-state index contributed by atoms with van der Waals surface area (Å²) in [6.07, 6.45) is 3.35. The fourth-order valence-electron chi connectivity index (χ4n) is 1.06. The molecular formula is C7H12O. The van der Waals surface area contributed by atoms with E-state index in [0.717, 1.165) is 19.1 Å². The molecule has 0 aromatic carbocycles. The van der Waals surface area contributed by atoms with Crippen molar-refractivity contribution in [2.45, 2.75) is 26.7 Å². The van der Waals surface area contributed by atoms with Gasteiger partial charge in [0.15, 0.2) is 0 Å². The Bertz CT molecular complexity index is 109. The monoisotopic (exact) mass is 112 g/mol. The highest BCUT2D eigenvalue weighted by Gasteiger charge is 2.47. The van der Waals surface area contributed by atoms with Crippen molar-refractivity contribution in [3.8, 4) is 0 Å². The maximum atomic E-state index is 10.1. The van der Waals surface area contributed by atoms with Gasteiger partial charge >= 0.3 is 0 Å². The molecule has 0 amide bonds. The Morgan fingerprint density at radius 2 is 2.50 bits per heavy atom. The Kier molecular flexibility index (Phi) is 1.14. The average molecular weight is 112 g/mol. The van der Waals surface area contributed by atoms with Gasteiger partial charge in [0, 0.05) is 5.92 Å². The van der Waals surface area contributed by atoms with Crippen LogP contribution in [0.2, 0.25) is 0 Å². The standard InChI is InChI=1S/C7H12O/c1-3-7(2)4-6(7)5-8/h5-6H,3-4H2,1-2H3. The van der Waals surface area contributed by atoms with E-state index in [0.29, 0.717) is 11.3 Å². The van der Waals surface area contributed by atoms with Crippen LogP contribution in [0.5, 0.6) is 0 Å². The van der Waals surface area contributed by atoms with Crippen LogP contribution >= 0.6 is 0 Å². The Hall–Kier alpha value is -0.330. The molecule has 1 heteroatoms. The fourth-order valence-corrected chi connectivity index (χ4v) is 1.06. The molecule has 1 aliphatic carbocycles. The van der Waals surface area contributed by atoms with Crippen LogP contribution in [0.3, 0.4) is 0 Å². The molecule has 0 heterocycles. The quantitative estimate of drug-likeness (QED) is 0.496. The predicted octanol–water partition coefficient (Wildman–Crippen LogP) is 1.62. The summed E-state index contributed by atoms with van der Waals surface area (Å²) in [5.74, 6) is 0.382. The van der Waals surface area contributed by atoms with E-state index in [1.165, 1.54) is 0 Å². The molecule has 2 unspecified atom stereocenters. The van der Waals surface area contributed by atoms with Crippen molar-refractivity contribution in [2.24, 2.45) is 11.3 Å². The van der Waals surface area contributed by atoms with E-state index in [4.69, 9.17) is 0 Å². The van der Waals surface area contributed by atoms with Crippen molar-refractivity contribution in [3.05, 3.63) is 0 Å². The average Bonchev–Trinajstić information content (AvgIpc) is 2.44. The summed E-state index contributed by atoms with van der Waals surface area (Å²) in [6.45, 7) is 4.32. The largest absolute Gasteiger partial charge is 0.303 e. The SMILES string of the molecule is CCC1(C)CC1C=O. The first-order valence-corrected chi connectivity index (χ1v) is 3.18. The van der Waals surface area contributed by atoms with Crippen molar-refractivity contribution < 1.29 is 4.79 Å².